The van der Waals surface area contributed by atoms with Crippen LogP contribution < -0.4 is 0 Å². The third kappa shape index (κ3) is 4.73. The van der Waals surface area contributed by atoms with Crippen molar-refractivity contribution in [2.45, 2.75) is 32.8 Å². The van der Waals surface area contributed by atoms with Crippen molar-refractivity contribution in [3.63, 3.8) is 0 Å². The average Bonchev–Trinajstić information content (AvgIpc) is 2.94. The lowest BCUT2D eigenvalue weighted by Crippen LogP contribution is -2.00. The second kappa shape index (κ2) is 5.81. The predicted molar refractivity (Wildman–Crippen MR) is 53.5 cm³/mol. The van der Waals surface area contributed by atoms with Crippen LogP contribution in [0.3, 0.4) is 0 Å². The van der Waals surface area contributed by atoms with Crippen molar-refractivity contribution in [2.24, 2.45) is 0 Å². The molecule has 0 aromatic heterocycles. The van der Waals surface area contributed by atoms with Crippen LogP contribution in [0.25, 0.3) is 0 Å². The molecule has 1 rings (SSSR count). The van der Waals surface area contributed by atoms with Crippen LogP contribution in [0.15, 0.2) is 24.0 Å². The first-order valence-corrected chi connectivity index (χ1v) is 4.97. The van der Waals surface area contributed by atoms with Crippen LogP contribution in [0.5, 0.6) is 0 Å². The fraction of sp³-hybridized carbons (Fsp3) is 0.636. The van der Waals surface area contributed by atoms with Crippen LogP contribution in [0.4, 0.5) is 0 Å². The molecule has 0 N–H and O–H groups in total. The number of ether oxygens (including phenoxy) is 2. The minimum Gasteiger partial charge on any atom is -0.495 e. The van der Waals surface area contributed by atoms with E-state index in [-0.39, 0.29) is 0 Å². The van der Waals surface area contributed by atoms with Crippen molar-refractivity contribution in [2.75, 3.05) is 13.2 Å². The summed E-state index contributed by atoms with van der Waals surface area (Å²) >= 11 is 0. The summed E-state index contributed by atoms with van der Waals surface area (Å²) in [6.45, 7) is 5.79. The number of rotatable bonds is 6. The first-order chi connectivity index (χ1) is 6.36. The van der Waals surface area contributed by atoms with E-state index in [9.17, 15) is 0 Å². The van der Waals surface area contributed by atoms with Gasteiger partial charge >= 0.3 is 0 Å². The van der Waals surface area contributed by atoms with Crippen molar-refractivity contribution < 1.29 is 9.47 Å². The number of hydrogen-bond acceptors (Lipinski definition) is 2. The van der Waals surface area contributed by atoms with Gasteiger partial charge in [-0.25, -0.2) is 0 Å². The minimum atomic E-state index is 0.352. The SMILES string of the molecule is CC/C=C\C=C(/CC)OCC1CO1. The lowest BCUT2D eigenvalue weighted by atomic mass is 10.3. The van der Waals surface area contributed by atoms with E-state index >= 15 is 0 Å². The molecule has 1 aliphatic rings. The van der Waals surface area contributed by atoms with Gasteiger partial charge in [-0.05, 0) is 12.5 Å². The van der Waals surface area contributed by atoms with Gasteiger partial charge in [0, 0.05) is 6.42 Å². The highest BCUT2D eigenvalue weighted by Crippen LogP contribution is 2.12. The molecule has 1 unspecified atom stereocenters. The second-order valence-electron chi connectivity index (χ2n) is 3.09. The van der Waals surface area contributed by atoms with Crippen molar-refractivity contribution in [1.29, 1.82) is 0 Å². The van der Waals surface area contributed by atoms with Crippen LogP contribution in [0, 0.1) is 0 Å². The van der Waals surface area contributed by atoms with Gasteiger partial charge in [0.1, 0.15) is 12.7 Å². The largest absolute Gasteiger partial charge is 0.495 e. The Hall–Kier alpha value is -0.760. The van der Waals surface area contributed by atoms with E-state index in [0.29, 0.717) is 12.7 Å². The lowest BCUT2D eigenvalue weighted by molar-refractivity contribution is 0.177. The molecule has 13 heavy (non-hydrogen) atoms. The predicted octanol–water partition coefficient (Wildman–Crippen LogP) is 2.66. The maximum Gasteiger partial charge on any atom is 0.116 e. The fourth-order valence-corrected chi connectivity index (χ4v) is 0.944. The summed E-state index contributed by atoms with van der Waals surface area (Å²) in [6, 6.07) is 0. The van der Waals surface area contributed by atoms with E-state index in [1.807, 2.05) is 12.2 Å². The van der Waals surface area contributed by atoms with Crippen LogP contribution in [0.1, 0.15) is 26.7 Å². The Kier molecular flexibility index (Phi) is 4.61. The molecule has 2 heteroatoms. The molecular weight excluding hydrogens is 164 g/mol. The summed E-state index contributed by atoms with van der Waals surface area (Å²) < 4.78 is 10.6. The Morgan fingerprint density at radius 1 is 1.54 bits per heavy atom. The number of epoxide rings is 1. The smallest absolute Gasteiger partial charge is 0.116 e. The summed E-state index contributed by atoms with van der Waals surface area (Å²) in [5, 5.41) is 0. The molecule has 0 aromatic carbocycles. The van der Waals surface area contributed by atoms with Crippen LogP contribution >= 0.6 is 0 Å². The molecule has 1 heterocycles. The van der Waals surface area contributed by atoms with Gasteiger partial charge in [0.25, 0.3) is 0 Å². The summed E-state index contributed by atoms with van der Waals surface area (Å²) in [6.07, 6.45) is 8.57. The topological polar surface area (TPSA) is 21.8 Å². The van der Waals surface area contributed by atoms with Gasteiger partial charge in [-0.2, -0.15) is 0 Å². The van der Waals surface area contributed by atoms with Crippen LogP contribution in [0.2, 0.25) is 0 Å². The normalized spacial score (nSPS) is 22.3. The zero-order valence-corrected chi connectivity index (χ0v) is 8.45. The van der Waals surface area contributed by atoms with Crippen molar-refractivity contribution in [3.05, 3.63) is 24.0 Å². The molecule has 0 amide bonds. The van der Waals surface area contributed by atoms with E-state index in [1.54, 1.807) is 0 Å². The maximum atomic E-state index is 5.55. The zero-order valence-electron chi connectivity index (χ0n) is 8.45. The molecule has 0 spiro atoms. The molecule has 1 atom stereocenters. The van der Waals surface area contributed by atoms with Gasteiger partial charge < -0.3 is 9.47 Å². The Balaban J connectivity index is 2.22. The summed E-state index contributed by atoms with van der Waals surface area (Å²) in [4.78, 5) is 0. The average molecular weight is 182 g/mol. The van der Waals surface area contributed by atoms with E-state index in [4.69, 9.17) is 9.47 Å². The highest BCUT2D eigenvalue weighted by atomic mass is 16.6. The first kappa shape index (κ1) is 10.3. The second-order valence-corrected chi connectivity index (χ2v) is 3.09. The van der Waals surface area contributed by atoms with Crippen molar-refractivity contribution in [3.8, 4) is 0 Å². The Labute approximate surface area is 80.2 Å². The molecule has 2 nitrogen and oxygen atoms in total. The first-order valence-electron chi connectivity index (χ1n) is 4.97. The third-order valence-corrected chi connectivity index (χ3v) is 1.86. The summed E-state index contributed by atoms with van der Waals surface area (Å²) in [5.74, 6) is 1.04. The molecule has 0 bridgehead atoms. The monoisotopic (exact) mass is 182 g/mol. The number of hydrogen-bond donors (Lipinski definition) is 0. The molecule has 74 valence electrons. The lowest BCUT2D eigenvalue weighted by Gasteiger charge is -2.05. The summed E-state index contributed by atoms with van der Waals surface area (Å²) in [7, 11) is 0. The summed E-state index contributed by atoms with van der Waals surface area (Å²) in [5.41, 5.74) is 0. The molecule has 0 aliphatic carbocycles. The van der Waals surface area contributed by atoms with E-state index < -0.39 is 0 Å². The quantitative estimate of drug-likeness (QED) is 0.358. The Morgan fingerprint density at radius 2 is 2.31 bits per heavy atom. The molecular formula is C11H18O2. The van der Waals surface area contributed by atoms with Gasteiger partial charge in [-0.1, -0.05) is 26.0 Å². The number of allylic oxidation sites excluding steroid dienone is 4. The molecule has 1 saturated heterocycles. The Morgan fingerprint density at radius 3 is 2.85 bits per heavy atom. The third-order valence-electron chi connectivity index (χ3n) is 1.86. The molecule has 0 saturated carbocycles. The molecule has 0 radical (unpaired) electrons. The van der Waals surface area contributed by atoms with E-state index in [1.165, 1.54) is 0 Å². The van der Waals surface area contributed by atoms with Crippen LogP contribution in [-0.2, 0) is 9.47 Å². The Bertz CT molecular complexity index is 190. The van der Waals surface area contributed by atoms with Gasteiger partial charge in [0.2, 0.25) is 0 Å². The standard InChI is InChI=1S/C11H18O2/c1-3-5-6-7-10(4-2)12-8-11-9-13-11/h5-7,11H,3-4,8-9H2,1-2H3/b6-5-,10-7+. The molecule has 1 fully saturated rings. The van der Waals surface area contributed by atoms with E-state index in [2.05, 4.69) is 19.9 Å². The highest BCUT2D eigenvalue weighted by Gasteiger charge is 2.22. The van der Waals surface area contributed by atoms with Gasteiger partial charge in [0.05, 0.1) is 12.4 Å². The van der Waals surface area contributed by atoms with Gasteiger partial charge in [-0.3, -0.25) is 0 Å². The van der Waals surface area contributed by atoms with Crippen molar-refractivity contribution >= 4 is 0 Å². The minimum absolute atomic E-state index is 0.352. The van der Waals surface area contributed by atoms with E-state index in [0.717, 1.165) is 25.2 Å². The molecule has 0 aromatic rings. The fourth-order valence-electron chi connectivity index (χ4n) is 0.944. The van der Waals surface area contributed by atoms with Gasteiger partial charge in [0.15, 0.2) is 0 Å². The zero-order chi connectivity index (χ0) is 9.52. The molecule has 1 aliphatic heterocycles. The maximum absolute atomic E-state index is 5.55. The van der Waals surface area contributed by atoms with Crippen LogP contribution in [-0.4, -0.2) is 19.3 Å². The highest BCUT2D eigenvalue weighted by molar-refractivity contribution is 5.07. The van der Waals surface area contributed by atoms with Crippen molar-refractivity contribution in [1.82, 2.24) is 0 Å². The van der Waals surface area contributed by atoms with Gasteiger partial charge in [-0.15, -0.1) is 0 Å².